The van der Waals surface area contributed by atoms with Crippen molar-refractivity contribution in [3.05, 3.63) is 208 Å². The van der Waals surface area contributed by atoms with E-state index in [9.17, 15) is 0 Å². The topological polar surface area (TPSA) is 96.8 Å². The number of nitrogens with one attached hydrogen (secondary N) is 3. The van der Waals surface area contributed by atoms with Crippen LogP contribution in [0.2, 0.25) is 0 Å². The molecule has 4 aromatic carbocycles. The third-order valence-electron chi connectivity index (χ3n) is 10.9. The molecule has 1 atom stereocenters. The lowest BCUT2D eigenvalue weighted by Crippen LogP contribution is -2.03. The smallest absolute Gasteiger partial charge is 0.0630 e. The lowest BCUT2D eigenvalue weighted by Gasteiger charge is -2.23. The zero-order chi connectivity index (χ0) is 43.7. The van der Waals surface area contributed by atoms with E-state index in [1.54, 1.807) is 0 Å². The van der Waals surface area contributed by atoms with Gasteiger partial charge in [0.15, 0.2) is 0 Å². The molecule has 63 heavy (non-hydrogen) atoms. The predicted octanol–water partition coefficient (Wildman–Crippen LogP) is 14.8. The summed E-state index contributed by atoms with van der Waals surface area (Å²) < 4.78 is 0. The molecular formula is C56H53N7. The summed E-state index contributed by atoms with van der Waals surface area (Å²) in [7, 11) is 0. The average molecular weight is 824 g/mol. The van der Waals surface area contributed by atoms with Crippen LogP contribution in [0.1, 0.15) is 72.8 Å². The van der Waals surface area contributed by atoms with Gasteiger partial charge in [-0.3, -0.25) is 20.0 Å². The number of benzene rings is 4. The molecule has 1 aliphatic carbocycles. The molecule has 8 rings (SSSR count). The SMILES string of the molecule is CC(C)=C/C=C(C)/C=N/c1ccc(-c2cc(-c3ccc(/N=C/c4ccc(C)[nH]4)cc3)c(-c3ccc(/N=C/c4ccc(C)[nH]4)cc3)cc2C2C=CC(/N=C/c3ccc(C)[nH]3)=CC2)cc1. The normalized spacial score (nSPS) is 14.5. The zero-order valence-corrected chi connectivity index (χ0v) is 36.8. The van der Waals surface area contributed by atoms with E-state index in [1.807, 2.05) is 50.8 Å². The maximum Gasteiger partial charge on any atom is 0.0630 e. The minimum absolute atomic E-state index is 0.126. The van der Waals surface area contributed by atoms with Crippen molar-refractivity contribution in [2.75, 3.05) is 0 Å². The number of aryl methyl sites for hydroxylation is 3. The van der Waals surface area contributed by atoms with Crippen molar-refractivity contribution >= 4 is 41.9 Å². The molecule has 3 heterocycles. The van der Waals surface area contributed by atoms with Crippen molar-refractivity contribution in [1.29, 1.82) is 0 Å². The Bertz CT molecular complexity index is 2950. The Hall–Kier alpha value is -7.64. The van der Waals surface area contributed by atoms with Crippen molar-refractivity contribution in [2.45, 2.75) is 53.9 Å². The molecule has 1 aliphatic rings. The Morgan fingerprint density at radius 1 is 0.508 bits per heavy atom. The molecule has 0 fully saturated rings. The van der Waals surface area contributed by atoms with E-state index in [0.717, 1.165) is 96.7 Å². The quantitative estimate of drug-likeness (QED) is 0.0763. The molecule has 7 aromatic rings. The van der Waals surface area contributed by atoms with Crippen LogP contribution in [0.25, 0.3) is 33.4 Å². The Balaban J connectivity index is 1.20. The lowest BCUT2D eigenvalue weighted by molar-refractivity contribution is 0.845. The van der Waals surface area contributed by atoms with Crippen LogP contribution in [-0.2, 0) is 0 Å². The lowest BCUT2D eigenvalue weighted by atomic mass is 9.81. The fraction of sp³-hybridized carbons (Fsp3) is 0.143. The fourth-order valence-electron chi connectivity index (χ4n) is 7.52. The Morgan fingerprint density at radius 3 is 1.41 bits per heavy atom. The van der Waals surface area contributed by atoms with Gasteiger partial charge in [-0.15, -0.1) is 0 Å². The number of rotatable bonds is 13. The van der Waals surface area contributed by atoms with Gasteiger partial charge in [0.2, 0.25) is 0 Å². The van der Waals surface area contributed by atoms with E-state index in [2.05, 4.69) is 182 Å². The van der Waals surface area contributed by atoms with E-state index >= 15 is 0 Å². The highest BCUT2D eigenvalue weighted by Crippen LogP contribution is 2.43. The molecule has 312 valence electrons. The van der Waals surface area contributed by atoms with Gasteiger partial charge in [-0.25, -0.2) is 0 Å². The second kappa shape index (κ2) is 19.4. The Kier molecular flexibility index (Phi) is 12.9. The minimum Gasteiger partial charge on any atom is -0.358 e. The first-order valence-corrected chi connectivity index (χ1v) is 21.4. The number of aromatic amines is 3. The molecule has 7 nitrogen and oxygen atoms in total. The minimum atomic E-state index is 0.126. The zero-order valence-electron chi connectivity index (χ0n) is 36.8. The van der Waals surface area contributed by atoms with Gasteiger partial charge in [0.25, 0.3) is 0 Å². The fourth-order valence-corrected chi connectivity index (χ4v) is 7.52. The van der Waals surface area contributed by atoms with Crippen molar-refractivity contribution in [2.24, 2.45) is 20.0 Å². The molecule has 0 saturated heterocycles. The van der Waals surface area contributed by atoms with Gasteiger partial charge in [-0.1, -0.05) is 66.3 Å². The van der Waals surface area contributed by atoms with E-state index in [-0.39, 0.29) is 5.92 Å². The highest BCUT2D eigenvalue weighted by molar-refractivity contribution is 5.91. The van der Waals surface area contributed by atoms with Gasteiger partial charge in [-0.05, 0) is 183 Å². The Labute approximate surface area is 371 Å². The number of H-pyrrole nitrogens is 3. The second-order valence-electron chi connectivity index (χ2n) is 16.4. The van der Waals surface area contributed by atoms with Gasteiger partial charge in [0, 0.05) is 29.2 Å². The maximum absolute atomic E-state index is 4.81. The van der Waals surface area contributed by atoms with Gasteiger partial charge >= 0.3 is 0 Å². The number of hydrogen-bond donors (Lipinski definition) is 3. The van der Waals surface area contributed by atoms with Crippen LogP contribution in [0, 0.1) is 20.8 Å². The number of aliphatic imine (C=N–C) groups is 4. The summed E-state index contributed by atoms with van der Waals surface area (Å²) in [6.45, 7) is 12.4. The second-order valence-corrected chi connectivity index (χ2v) is 16.4. The number of allylic oxidation sites excluding steroid dienone is 7. The van der Waals surface area contributed by atoms with Crippen LogP contribution in [0.15, 0.2) is 189 Å². The molecule has 0 radical (unpaired) electrons. The van der Waals surface area contributed by atoms with Crippen molar-refractivity contribution < 1.29 is 0 Å². The molecule has 3 aromatic heterocycles. The summed E-state index contributed by atoms with van der Waals surface area (Å²) in [5.41, 5.74) is 20.3. The van der Waals surface area contributed by atoms with Crippen LogP contribution >= 0.6 is 0 Å². The van der Waals surface area contributed by atoms with Crippen LogP contribution < -0.4 is 0 Å². The Morgan fingerprint density at radius 2 is 0.968 bits per heavy atom. The molecule has 3 N–H and O–H groups in total. The first-order valence-electron chi connectivity index (χ1n) is 21.4. The molecule has 0 spiro atoms. The van der Waals surface area contributed by atoms with Crippen molar-refractivity contribution in [1.82, 2.24) is 15.0 Å². The summed E-state index contributed by atoms with van der Waals surface area (Å²) in [6, 6.07) is 42.7. The summed E-state index contributed by atoms with van der Waals surface area (Å²) in [5, 5.41) is 0. The van der Waals surface area contributed by atoms with Crippen molar-refractivity contribution in [3.63, 3.8) is 0 Å². The van der Waals surface area contributed by atoms with Crippen LogP contribution in [0.4, 0.5) is 17.1 Å². The third kappa shape index (κ3) is 11.0. The third-order valence-corrected chi connectivity index (χ3v) is 10.9. The van der Waals surface area contributed by atoms with Crippen LogP contribution in [0.3, 0.4) is 0 Å². The van der Waals surface area contributed by atoms with E-state index in [4.69, 9.17) is 20.0 Å². The van der Waals surface area contributed by atoms with E-state index in [1.165, 1.54) is 16.7 Å². The first kappa shape index (κ1) is 42.1. The summed E-state index contributed by atoms with van der Waals surface area (Å²) in [6.07, 6.45) is 19.3. The number of hydrogen-bond acceptors (Lipinski definition) is 4. The summed E-state index contributed by atoms with van der Waals surface area (Å²) in [5.74, 6) is 0.126. The summed E-state index contributed by atoms with van der Waals surface area (Å²) >= 11 is 0. The first-order chi connectivity index (χ1) is 30.6. The largest absolute Gasteiger partial charge is 0.358 e. The number of nitrogens with zero attached hydrogens (tertiary/aromatic N) is 4. The highest BCUT2D eigenvalue weighted by Gasteiger charge is 2.21. The average Bonchev–Trinajstić information content (AvgIpc) is 4.06. The number of aromatic nitrogens is 3. The van der Waals surface area contributed by atoms with E-state index < -0.39 is 0 Å². The molecule has 0 saturated carbocycles. The van der Waals surface area contributed by atoms with Gasteiger partial charge in [0.05, 0.1) is 58.5 Å². The molecule has 1 unspecified atom stereocenters. The van der Waals surface area contributed by atoms with Crippen LogP contribution in [0.5, 0.6) is 0 Å². The highest BCUT2D eigenvalue weighted by atomic mass is 14.8. The maximum atomic E-state index is 4.81. The molecular weight excluding hydrogens is 771 g/mol. The molecule has 7 heteroatoms. The van der Waals surface area contributed by atoms with Gasteiger partial charge in [-0.2, -0.15) is 0 Å². The molecule has 0 amide bonds. The molecule has 0 aliphatic heterocycles. The summed E-state index contributed by atoms with van der Waals surface area (Å²) in [4.78, 5) is 29.2. The van der Waals surface area contributed by atoms with E-state index in [0.29, 0.717) is 0 Å². The monoisotopic (exact) mass is 823 g/mol. The molecule has 0 bridgehead atoms. The van der Waals surface area contributed by atoms with Gasteiger partial charge < -0.3 is 15.0 Å². The van der Waals surface area contributed by atoms with Gasteiger partial charge in [0.1, 0.15) is 0 Å². The predicted molar refractivity (Wildman–Crippen MR) is 267 cm³/mol. The van der Waals surface area contributed by atoms with Crippen LogP contribution in [-0.4, -0.2) is 39.8 Å². The van der Waals surface area contributed by atoms with Crippen molar-refractivity contribution in [3.8, 4) is 33.4 Å². The standard InChI is InChI=1S/C56H53N7/c1-37(2)7-8-38(3)33-57-46-23-12-42(13-24-46)53-31-55(44-16-27-48(28-17-44)59-35-51-21-10-40(5)62-51)56(45-18-29-49(30-19-45)60-36-52-22-11-41(6)63-52)32-54(53)43-14-25-47(26-15-43)58-34-50-20-9-39(4)61-50/h7-14,16-36,43,61-63H,15H2,1-6H3/b38-8+,57-33+,58-34+,59-35+,60-36+.